The predicted molar refractivity (Wildman–Crippen MR) is 83.1 cm³/mol. The molecule has 0 aliphatic carbocycles. The van der Waals surface area contributed by atoms with Crippen LogP contribution < -0.4 is 4.74 Å². The standard InChI is InChI=1S/C17H23F2NO3/c1-4-20(9-13-5-6-22-10-13)16(21)14-7-11(2)15(12(3)8-14)23-17(18)19/h7-8,13,17H,4-6,9-10H2,1-3H3/t13-/m0/s1. The molecule has 1 saturated heterocycles. The van der Waals surface area contributed by atoms with Crippen LogP contribution in [0.3, 0.4) is 0 Å². The molecule has 0 aromatic heterocycles. The Labute approximate surface area is 135 Å². The van der Waals surface area contributed by atoms with Gasteiger partial charge in [0.25, 0.3) is 5.91 Å². The Balaban J connectivity index is 2.17. The largest absolute Gasteiger partial charge is 0.434 e. The number of ether oxygens (including phenoxy) is 2. The highest BCUT2D eigenvalue weighted by molar-refractivity contribution is 5.95. The first-order valence-corrected chi connectivity index (χ1v) is 7.85. The van der Waals surface area contributed by atoms with Gasteiger partial charge in [0.05, 0.1) is 6.61 Å². The molecular formula is C17H23F2NO3. The molecule has 0 bridgehead atoms. The SMILES string of the molecule is CCN(C[C@@H]1CCOC1)C(=O)c1cc(C)c(OC(F)F)c(C)c1. The molecule has 1 fully saturated rings. The minimum absolute atomic E-state index is 0.0887. The van der Waals surface area contributed by atoms with E-state index in [4.69, 9.17) is 4.74 Å². The summed E-state index contributed by atoms with van der Waals surface area (Å²) in [6.07, 6.45) is 0.961. The monoisotopic (exact) mass is 327 g/mol. The van der Waals surface area contributed by atoms with Gasteiger partial charge >= 0.3 is 6.61 Å². The Morgan fingerprint density at radius 3 is 2.52 bits per heavy atom. The first-order valence-electron chi connectivity index (χ1n) is 7.85. The van der Waals surface area contributed by atoms with Crippen LogP contribution in [0.1, 0.15) is 34.8 Å². The zero-order chi connectivity index (χ0) is 17.0. The Kier molecular flexibility index (Phi) is 5.93. The summed E-state index contributed by atoms with van der Waals surface area (Å²) in [5, 5.41) is 0. The van der Waals surface area contributed by atoms with Crippen molar-refractivity contribution in [2.75, 3.05) is 26.3 Å². The van der Waals surface area contributed by atoms with Crippen molar-refractivity contribution < 1.29 is 23.0 Å². The molecule has 6 heteroatoms. The Hall–Kier alpha value is -1.69. The van der Waals surface area contributed by atoms with Gasteiger partial charge in [-0.3, -0.25) is 4.79 Å². The van der Waals surface area contributed by atoms with Crippen LogP contribution in [-0.2, 0) is 4.74 Å². The molecule has 1 atom stereocenters. The van der Waals surface area contributed by atoms with Crippen molar-refractivity contribution in [3.8, 4) is 5.75 Å². The number of amides is 1. The summed E-state index contributed by atoms with van der Waals surface area (Å²) in [7, 11) is 0. The number of carbonyl (C=O) groups excluding carboxylic acids is 1. The molecular weight excluding hydrogens is 304 g/mol. The second-order valence-corrected chi connectivity index (χ2v) is 5.89. The summed E-state index contributed by atoms with van der Waals surface area (Å²) in [5.41, 5.74) is 1.57. The van der Waals surface area contributed by atoms with Gasteiger partial charge in [-0.1, -0.05) is 0 Å². The van der Waals surface area contributed by atoms with E-state index in [1.165, 1.54) is 0 Å². The molecule has 1 amide bonds. The molecule has 1 aromatic carbocycles. The average molecular weight is 327 g/mol. The molecule has 2 rings (SSSR count). The third-order valence-corrected chi connectivity index (χ3v) is 4.09. The van der Waals surface area contributed by atoms with Crippen LogP contribution in [0.15, 0.2) is 12.1 Å². The van der Waals surface area contributed by atoms with Crippen LogP contribution in [0.5, 0.6) is 5.75 Å². The maximum absolute atomic E-state index is 12.7. The highest BCUT2D eigenvalue weighted by Gasteiger charge is 2.23. The lowest BCUT2D eigenvalue weighted by Crippen LogP contribution is -2.35. The Bertz CT molecular complexity index is 534. The fourth-order valence-corrected chi connectivity index (χ4v) is 2.93. The molecule has 0 spiro atoms. The summed E-state index contributed by atoms with van der Waals surface area (Å²) in [6, 6.07) is 3.22. The maximum Gasteiger partial charge on any atom is 0.387 e. The Morgan fingerprint density at radius 2 is 2.04 bits per heavy atom. The molecule has 128 valence electrons. The van der Waals surface area contributed by atoms with Crippen molar-refractivity contribution in [1.82, 2.24) is 4.90 Å². The highest BCUT2D eigenvalue weighted by Crippen LogP contribution is 2.27. The van der Waals surface area contributed by atoms with E-state index in [1.54, 1.807) is 30.9 Å². The fourth-order valence-electron chi connectivity index (χ4n) is 2.93. The lowest BCUT2D eigenvalue weighted by Gasteiger charge is -2.24. The number of benzene rings is 1. The zero-order valence-corrected chi connectivity index (χ0v) is 13.8. The minimum atomic E-state index is -2.87. The molecule has 0 saturated carbocycles. The lowest BCUT2D eigenvalue weighted by molar-refractivity contribution is -0.0507. The van der Waals surface area contributed by atoms with Crippen molar-refractivity contribution in [2.45, 2.75) is 33.8 Å². The van der Waals surface area contributed by atoms with Crippen LogP contribution in [0.2, 0.25) is 0 Å². The van der Waals surface area contributed by atoms with Gasteiger partial charge in [-0.2, -0.15) is 8.78 Å². The molecule has 1 aromatic rings. The van der Waals surface area contributed by atoms with Gasteiger partial charge in [0.15, 0.2) is 0 Å². The van der Waals surface area contributed by atoms with Gasteiger partial charge in [-0.15, -0.1) is 0 Å². The number of rotatable bonds is 6. The van der Waals surface area contributed by atoms with Crippen molar-refractivity contribution in [3.63, 3.8) is 0 Å². The summed E-state index contributed by atoms with van der Waals surface area (Å²) in [6.45, 7) is 5.08. The number of alkyl halides is 2. The van der Waals surface area contributed by atoms with Crippen LogP contribution >= 0.6 is 0 Å². The zero-order valence-electron chi connectivity index (χ0n) is 13.8. The molecule has 1 aliphatic rings. The van der Waals surface area contributed by atoms with Crippen molar-refractivity contribution in [1.29, 1.82) is 0 Å². The van der Waals surface area contributed by atoms with E-state index in [0.717, 1.165) is 13.0 Å². The number of carbonyl (C=O) groups is 1. The van der Waals surface area contributed by atoms with Gasteiger partial charge in [-0.25, -0.2) is 0 Å². The number of hydrogen-bond donors (Lipinski definition) is 0. The van der Waals surface area contributed by atoms with E-state index in [2.05, 4.69) is 4.74 Å². The molecule has 0 unspecified atom stereocenters. The summed E-state index contributed by atoms with van der Waals surface area (Å²) in [5.74, 6) is 0.417. The van der Waals surface area contributed by atoms with Crippen LogP contribution in [-0.4, -0.2) is 43.7 Å². The molecule has 4 nitrogen and oxygen atoms in total. The number of hydrogen-bond acceptors (Lipinski definition) is 3. The Morgan fingerprint density at radius 1 is 1.39 bits per heavy atom. The smallest absolute Gasteiger partial charge is 0.387 e. The van der Waals surface area contributed by atoms with Gasteiger partial charge in [-0.05, 0) is 50.5 Å². The van der Waals surface area contributed by atoms with E-state index >= 15 is 0 Å². The van der Waals surface area contributed by atoms with E-state index in [9.17, 15) is 13.6 Å². The van der Waals surface area contributed by atoms with Gasteiger partial charge < -0.3 is 14.4 Å². The minimum Gasteiger partial charge on any atom is -0.434 e. The first kappa shape index (κ1) is 17.7. The van der Waals surface area contributed by atoms with Crippen LogP contribution in [0.4, 0.5) is 8.78 Å². The van der Waals surface area contributed by atoms with Crippen LogP contribution in [0, 0.1) is 19.8 Å². The fraction of sp³-hybridized carbons (Fsp3) is 0.588. The molecule has 0 N–H and O–H groups in total. The topological polar surface area (TPSA) is 38.8 Å². The van der Waals surface area contributed by atoms with Gasteiger partial charge in [0, 0.05) is 31.2 Å². The summed E-state index contributed by atoms with van der Waals surface area (Å²) >= 11 is 0. The summed E-state index contributed by atoms with van der Waals surface area (Å²) < 4.78 is 34.8. The number of halogens is 2. The lowest BCUT2D eigenvalue weighted by atomic mass is 10.0. The van der Waals surface area contributed by atoms with Crippen molar-refractivity contribution in [2.24, 2.45) is 5.92 Å². The maximum atomic E-state index is 12.7. The second kappa shape index (κ2) is 7.73. The van der Waals surface area contributed by atoms with Gasteiger partial charge in [0.2, 0.25) is 0 Å². The average Bonchev–Trinajstić information content (AvgIpc) is 3.00. The normalized spacial score (nSPS) is 17.6. The number of nitrogens with zero attached hydrogens (tertiary/aromatic N) is 1. The molecule has 0 radical (unpaired) electrons. The quantitative estimate of drug-likeness (QED) is 0.804. The molecule has 1 heterocycles. The second-order valence-electron chi connectivity index (χ2n) is 5.89. The summed E-state index contributed by atoms with van der Waals surface area (Å²) in [4.78, 5) is 14.5. The van der Waals surface area contributed by atoms with E-state index in [1.807, 2.05) is 6.92 Å². The van der Waals surface area contributed by atoms with E-state index in [0.29, 0.717) is 42.3 Å². The molecule has 1 aliphatic heterocycles. The highest BCUT2D eigenvalue weighted by atomic mass is 19.3. The van der Waals surface area contributed by atoms with E-state index < -0.39 is 6.61 Å². The van der Waals surface area contributed by atoms with Crippen molar-refractivity contribution >= 4 is 5.91 Å². The van der Waals surface area contributed by atoms with Gasteiger partial charge in [0.1, 0.15) is 5.75 Å². The third kappa shape index (κ3) is 4.41. The molecule has 23 heavy (non-hydrogen) atoms. The third-order valence-electron chi connectivity index (χ3n) is 4.09. The van der Waals surface area contributed by atoms with Crippen molar-refractivity contribution in [3.05, 3.63) is 28.8 Å². The first-order chi connectivity index (χ1) is 10.9. The predicted octanol–water partition coefficient (Wildman–Crippen LogP) is 3.40. The van der Waals surface area contributed by atoms with E-state index in [-0.39, 0.29) is 11.7 Å². The number of aryl methyl sites for hydroxylation is 2. The van der Waals surface area contributed by atoms with Crippen LogP contribution in [0.25, 0.3) is 0 Å².